The van der Waals surface area contributed by atoms with Crippen LogP contribution in [0.1, 0.15) is 12.8 Å². The normalized spacial score (nSPS) is 17.2. The van der Waals surface area contributed by atoms with Gasteiger partial charge >= 0.3 is 0 Å². The largest absolute Gasteiger partial charge is 0.489 e. The third kappa shape index (κ3) is 5.49. The number of hydrogen-bond donors (Lipinski definition) is 2. The van der Waals surface area contributed by atoms with Gasteiger partial charge in [-0.2, -0.15) is 0 Å². The minimum Gasteiger partial charge on any atom is -0.489 e. The van der Waals surface area contributed by atoms with Crippen LogP contribution in [0.25, 0.3) is 0 Å². The van der Waals surface area contributed by atoms with E-state index in [1.54, 1.807) is 12.1 Å². The fourth-order valence-electron chi connectivity index (χ4n) is 2.03. The van der Waals surface area contributed by atoms with Gasteiger partial charge < -0.3 is 15.4 Å². The summed E-state index contributed by atoms with van der Waals surface area (Å²) in [5.41, 5.74) is 0. The van der Waals surface area contributed by atoms with Crippen molar-refractivity contribution in [2.24, 2.45) is 0 Å². The molecule has 1 aliphatic heterocycles. The van der Waals surface area contributed by atoms with Crippen LogP contribution in [0.15, 0.2) is 16.6 Å². The molecular weight excluding hydrogens is 402 g/mol. The lowest BCUT2D eigenvalue weighted by molar-refractivity contribution is -0.122. The van der Waals surface area contributed by atoms with Crippen LogP contribution in [0.2, 0.25) is 10.0 Å². The van der Waals surface area contributed by atoms with E-state index in [1.807, 2.05) is 0 Å². The average Bonchev–Trinajstić information content (AvgIpc) is 2.90. The lowest BCUT2D eigenvalue weighted by Crippen LogP contribution is -2.41. The van der Waals surface area contributed by atoms with Crippen LogP contribution >= 0.6 is 51.5 Å². The molecule has 1 aromatic rings. The molecule has 2 N–H and O–H groups in total. The van der Waals surface area contributed by atoms with E-state index in [0.717, 1.165) is 23.9 Å². The maximum atomic E-state index is 11.7. The van der Waals surface area contributed by atoms with Crippen molar-refractivity contribution in [2.75, 3.05) is 19.7 Å². The fourth-order valence-corrected chi connectivity index (χ4v) is 3.34. The second-order valence-electron chi connectivity index (χ2n) is 4.49. The smallest absolute Gasteiger partial charge is 0.237 e. The highest BCUT2D eigenvalue weighted by Crippen LogP contribution is 2.35. The number of nitrogens with one attached hydrogen (secondary N) is 2. The molecule has 118 valence electrons. The molecule has 1 saturated heterocycles. The van der Waals surface area contributed by atoms with Crippen molar-refractivity contribution in [1.29, 1.82) is 0 Å². The number of rotatable bonds is 5. The highest BCUT2D eigenvalue weighted by molar-refractivity contribution is 9.10. The molecule has 4 nitrogen and oxygen atoms in total. The molecule has 0 spiro atoms. The molecule has 8 heteroatoms. The van der Waals surface area contributed by atoms with Crippen LogP contribution in [0, 0.1) is 0 Å². The number of ether oxygens (including phenoxy) is 1. The maximum absolute atomic E-state index is 11.7. The second kappa shape index (κ2) is 9.06. The van der Waals surface area contributed by atoms with Crippen LogP contribution in [-0.4, -0.2) is 31.6 Å². The first-order valence-electron chi connectivity index (χ1n) is 6.36. The maximum Gasteiger partial charge on any atom is 0.237 e. The molecule has 1 heterocycles. The zero-order valence-electron chi connectivity index (χ0n) is 11.1. The quantitative estimate of drug-likeness (QED) is 0.721. The van der Waals surface area contributed by atoms with Crippen molar-refractivity contribution >= 4 is 57.4 Å². The topological polar surface area (TPSA) is 50.4 Å². The van der Waals surface area contributed by atoms with Crippen molar-refractivity contribution < 1.29 is 9.53 Å². The number of amides is 1. The SMILES string of the molecule is Cl.O=C(NCCOc1c(Cl)cc(Br)cc1Cl)C1CCCN1. The molecule has 0 aromatic heterocycles. The van der Waals surface area contributed by atoms with Crippen LogP contribution in [0.5, 0.6) is 5.75 Å². The molecule has 0 aliphatic carbocycles. The minimum atomic E-state index is -0.0742. The fraction of sp³-hybridized carbons (Fsp3) is 0.462. The lowest BCUT2D eigenvalue weighted by atomic mass is 10.2. The molecule has 1 atom stereocenters. The Morgan fingerprint density at radius 3 is 2.67 bits per heavy atom. The summed E-state index contributed by atoms with van der Waals surface area (Å²) in [6, 6.07) is 3.35. The molecule has 1 unspecified atom stereocenters. The number of benzene rings is 1. The van der Waals surface area contributed by atoms with Crippen molar-refractivity contribution in [1.82, 2.24) is 10.6 Å². The molecule has 1 amide bonds. The van der Waals surface area contributed by atoms with E-state index in [9.17, 15) is 4.79 Å². The summed E-state index contributed by atoms with van der Waals surface area (Å²) < 4.78 is 6.31. The van der Waals surface area contributed by atoms with Gasteiger partial charge in [0.05, 0.1) is 22.6 Å². The Labute approximate surface area is 148 Å². The van der Waals surface area contributed by atoms with Gasteiger partial charge in [0.25, 0.3) is 0 Å². The van der Waals surface area contributed by atoms with Gasteiger partial charge in [0.2, 0.25) is 5.91 Å². The van der Waals surface area contributed by atoms with Crippen LogP contribution in [-0.2, 0) is 4.79 Å². The van der Waals surface area contributed by atoms with E-state index in [1.165, 1.54) is 0 Å². The Kier molecular flexibility index (Phi) is 8.13. The molecule has 21 heavy (non-hydrogen) atoms. The average molecular weight is 419 g/mol. The summed E-state index contributed by atoms with van der Waals surface area (Å²) in [4.78, 5) is 11.7. The summed E-state index contributed by atoms with van der Waals surface area (Å²) >= 11 is 15.4. The van der Waals surface area contributed by atoms with Gasteiger partial charge in [-0.1, -0.05) is 39.1 Å². The van der Waals surface area contributed by atoms with Crippen LogP contribution in [0.3, 0.4) is 0 Å². The molecular formula is C13H16BrCl3N2O2. The number of carbonyl (C=O) groups is 1. The Morgan fingerprint density at radius 2 is 2.10 bits per heavy atom. The van der Waals surface area contributed by atoms with Gasteiger partial charge in [-0.25, -0.2) is 0 Å². The summed E-state index contributed by atoms with van der Waals surface area (Å²) in [6.07, 6.45) is 1.93. The van der Waals surface area contributed by atoms with Crippen LogP contribution in [0.4, 0.5) is 0 Å². The number of hydrogen-bond acceptors (Lipinski definition) is 3. The number of carbonyl (C=O) groups excluding carboxylic acids is 1. The highest BCUT2D eigenvalue weighted by Gasteiger charge is 2.21. The van der Waals surface area contributed by atoms with E-state index in [-0.39, 0.29) is 24.4 Å². The molecule has 0 bridgehead atoms. The summed E-state index contributed by atoms with van der Waals surface area (Å²) in [5, 5.41) is 6.84. The molecule has 1 aliphatic rings. The Morgan fingerprint density at radius 1 is 1.43 bits per heavy atom. The van der Waals surface area contributed by atoms with E-state index < -0.39 is 0 Å². The summed E-state index contributed by atoms with van der Waals surface area (Å²) in [6.45, 7) is 1.64. The van der Waals surface area contributed by atoms with E-state index >= 15 is 0 Å². The van der Waals surface area contributed by atoms with Gasteiger partial charge in [0.15, 0.2) is 5.75 Å². The number of halogens is 4. The van der Waals surface area contributed by atoms with Crippen molar-refractivity contribution in [2.45, 2.75) is 18.9 Å². The predicted octanol–water partition coefficient (Wildman–Crippen LogP) is 3.42. The van der Waals surface area contributed by atoms with Gasteiger partial charge in [-0.15, -0.1) is 12.4 Å². The Balaban J connectivity index is 0.00000220. The molecule has 1 fully saturated rings. The van der Waals surface area contributed by atoms with E-state index in [4.69, 9.17) is 27.9 Å². The minimum absolute atomic E-state index is 0. The first kappa shape index (κ1) is 18.8. The third-order valence-electron chi connectivity index (χ3n) is 2.99. The summed E-state index contributed by atoms with van der Waals surface area (Å²) in [7, 11) is 0. The zero-order valence-corrected chi connectivity index (χ0v) is 15.0. The van der Waals surface area contributed by atoms with Crippen molar-refractivity contribution in [3.05, 3.63) is 26.7 Å². The molecule has 1 aromatic carbocycles. The molecule has 0 radical (unpaired) electrons. The second-order valence-corrected chi connectivity index (χ2v) is 6.22. The van der Waals surface area contributed by atoms with Crippen molar-refractivity contribution in [3.63, 3.8) is 0 Å². The van der Waals surface area contributed by atoms with Gasteiger partial charge in [0.1, 0.15) is 6.61 Å². The Bertz CT molecular complexity index is 473. The summed E-state index contributed by atoms with van der Waals surface area (Å²) in [5.74, 6) is 0.448. The zero-order chi connectivity index (χ0) is 14.5. The van der Waals surface area contributed by atoms with Crippen molar-refractivity contribution in [3.8, 4) is 5.75 Å². The first-order valence-corrected chi connectivity index (χ1v) is 7.91. The van der Waals surface area contributed by atoms with Gasteiger partial charge in [-0.3, -0.25) is 4.79 Å². The monoisotopic (exact) mass is 416 g/mol. The lowest BCUT2D eigenvalue weighted by Gasteiger charge is -2.13. The molecule has 2 rings (SSSR count). The highest BCUT2D eigenvalue weighted by atomic mass is 79.9. The van der Waals surface area contributed by atoms with E-state index in [0.29, 0.717) is 28.9 Å². The predicted molar refractivity (Wildman–Crippen MR) is 90.9 cm³/mol. The van der Waals surface area contributed by atoms with Crippen LogP contribution < -0.4 is 15.4 Å². The first-order chi connectivity index (χ1) is 9.58. The van der Waals surface area contributed by atoms with Gasteiger partial charge in [-0.05, 0) is 31.5 Å². The third-order valence-corrected chi connectivity index (χ3v) is 4.01. The van der Waals surface area contributed by atoms with E-state index in [2.05, 4.69) is 26.6 Å². The standard InChI is InChI=1S/C13H15BrCl2N2O2.ClH/c14-8-6-9(15)12(10(16)7-8)20-5-4-18-13(19)11-2-1-3-17-11;/h6-7,11,17H,1-5H2,(H,18,19);1H. The molecule has 0 saturated carbocycles. The Hall–Kier alpha value is -0.200. The van der Waals surface area contributed by atoms with Gasteiger partial charge in [0, 0.05) is 4.47 Å².